The molecule has 0 spiro atoms. The summed E-state index contributed by atoms with van der Waals surface area (Å²) in [6, 6.07) is 13.8. The van der Waals surface area contributed by atoms with E-state index in [9.17, 15) is 13.2 Å². The molecule has 2 aliphatic rings. The van der Waals surface area contributed by atoms with E-state index < -0.39 is 10.0 Å². The Morgan fingerprint density at radius 1 is 0.969 bits per heavy atom. The van der Waals surface area contributed by atoms with E-state index >= 15 is 0 Å². The van der Waals surface area contributed by atoms with Crippen LogP contribution < -0.4 is 4.90 Å². The van der Waals surface area contributed by atoms with E-state index in [1.54, 1.807) is 15.3 Å². The van der Waals surface area contributed by atoms with Crippen LogP contribution in [-0.4, -0.2) is 57.8 Å². The molecule has 0 radical (unpaired) electrons. The Hall–Kier alpha value is -2.38. The first-order chi connectivity index (χ1) is 15.3. The van der Waals surface area contributed by atoms with Gasteiger partial charge in [0.25, 0.3) is 0 Å². The number of carbonyl (C=O) groups excluding carboxylic acids is 1. The van der Waals surface area contributed by atoms with E-state index in [2.05, 4.69) is 12.1 Å². The lowest BCUT2D eigenvalue weighted by molar-refractivity contribution is -0.135. The Balaban J connectivity index is 1.34. The highest BCUT2D eigenvalue weighted by Gasteiger charge is 2.33. The van der Waals surface area contributed by atoms with Crippen LogP contribution in [0, 0.1) is 5.92 Å². The molecule has 2 aromatic carbocycles. The van der Waals surface area contributed by atoms with Gasteiger partial charge in [-0.25, -0.2) is 8.42 Å². The van der Waals surface area contributed by atoms with Crippen molar-refractivity contribution in [3.8, 4) is 0 Å². The number of hydrogen-bond acceptors (Lipinski definition) is 4. The molecule has 32 heavy (non-hydrogen) atoms. The fourth-order valence-corrected chi connectivity index (χ4v) is 6.28. The Labute approximate surface area is 191 Å². The van der Waals surface area contributed by atoms with Gasteiger partial charge in [0.05, 0.1) is 4.90 Å². The van der Waals surface area contributed by atoms with Gasteiger partial charge in [-0.2, -0.15) is 4.31 Å². The monoisotopic (exact) mass is 455 g/mol. The van der Waals surface area contributed by atoms with Crippen molar-refractivity contribution < 1.29 is 13.2 Å². The number of amides is 1. The summed E-state index contributed by atoms with van der Waals surface area (Å²) in [6.07, 6.45) is 4.22. The minimum Gasteiger partial charge on any atom is -0.378 e. The zero-order valence-electron chi connectivity index (χ0n) is 19.3. The normalized spacial score (nSPS) is 17.2. The van der Waals surface area contributed by atoms with Crippen molar-refractivity contribution in [2.24, 2.45) is 5.92 Å². The molecule has 0 aromatic heterocycles. The second-order valence-corrected chi connectivity index (χ2v) is 11.2. The number of nitrogens with zero attached hydrogens (tertiary/aromatic N) is 3. The van der Waals surface area contributed by atoms with Gasteiger partial charge in [0.15, 0.2) is 0 Å². The molecule has 172 valence electrons. The van der Waals surface area contributed by atoms with Crippen LogP contribution in [0.25, 0.3) is 0 Å². The van der Waals surface area contributed by atoms with Gasteiger partial charge in [0.1, 0.15) is 0 Å². The fraction of sp³-hybridized carbons (Fsp3) is 0.480. The maximum absolute atomic E-state index is 13.1. The number of carbonyl (C=O) groups is 1. The van der Waals surface area contributed by atoms with Crippen LogP contribution in [-0.2, 0) is 34.2 Å². The number of sulfonamides is 1. The van der Waals surface area contributed by atoms with Crippen molar-refractivity contribution in [3.05, 3.63) is 59.2 Å². The fourth-order valence-electron chi connectivity index (χ4n) is 4.76. The number of anilines is 1. The van der Waals surface area contributed by atoms with E-state index in [-0.39, 0.29) is 11.8 Å². The Bertz CT molecular complexity index is 1070. The minimum atomic E-state index is -3.51. The number of rotatable bonds is 6. The summed E-state index contributed by atoms with van der Waals surface area (Å²) >= 11 is 0. The SMILES string of the molecule is CN(Cc1ccc(N(C)C)cc1)C(=O)C1CCN(S(=O)(=O)c2ccc3c(c2)CCC3)CC1. The largest absolute Gasteiger partial charge is 0.378 e. The van der Waals surface area contributed by atoms with Crippen molar-refractivity contribution in [3.63, 3.8) is 0 Å². The standard InChI is InChI=1S/C25H33N3O3S/c1-26(2)23-10-7-19(8-11-23)18-27(3)25(29)21-13-15-28(16-14-21)32(30,31)24-12-9-20-5-4-6-22(20)17-24/h7-12,17,21H,4-6,13-16,18H2,1-3H3. The molecule has 1 aliphatic heterocycles. The summed E-state index contributed by atoms with van der Waals surface area (Å²) in [4.78, 5) is 17.2. The maximum atomic E-state index is 13.1. The van der Waals surface area contributed by atoms with Crippen molar-refractivity contribution in [1.82, 2.24) is 9.21 Å². The first-order valence-electron chi connectivity index (χ1n) is 11.4. The van der Waals surface area contributed by atoms with Crippen LogP contribution in [0.3, 0.4) is 0 Å². The molecule has 6 nitrogen and oxygen atoms in total. The molecule has 0 atom stereocenters. The molecule has 2 aromatic rings. The number of piperidine rings is 1. The second-order valence-electron chi connectivity index (χ2n) is 9.22. The van der Waals surface area contributed by atoms with Gasteiger partial charge in [-0.15, -0.1) is 0 Å². The van der Waals surface area contributed by atoms with Crippen LogP contribution in [0.1, 0.15) is 36.0 Å². The summed E-state index contributed by atoms with van der Waals surface area (Å²) in [6.45, 7) is 1.34. The molecule has 1 fully saturated rings. The van der Waals surface area contributed by atoms with E-state index in [1.165, 1.54) is 5.56 Å². The molecule has 1 heterocycles. The Morgan fingerprint density at radius 2 is 1.62 bits per heavy atom. The van der Waals surface area contributed by atoms with Crippen molar-refractivity contribution in [1.29, 1.82) is 0 Å². The van der Waals surface area contributed by atoms with Crippen molar-refractivity contribution in [2.45, 2.75) is 43.5 Å². The van der Waals surface area contributed by atoms with Crippen molar-refractivity contribution >= 4 is 21.6 Å². The average Bonchev–Trinajstić information content (AvgIpc) is 3.27. The van der Waals surface area contributed by atoms with Crippen LogP contribution in [0.15, 0.2) is 47.4 Å². The topological polar surface area (TPSA) is 60.9 Å². The molecule has 1 saturated heterocycles. The highest BCUT2D eigenvalue weighted by atomic mass is 32.2. The number of aryl methyl sites for hydroxylation is 2. The minimum absolute atomic E-state index is 0.0938. The van der Waals surface area contributed by atoms with E-state index in [0.717, 1.165) is 36.1 Å². The Morgan fingerprint density at radius 3 is 2.28 bits per heavy atom. The smallest absolute Gasteiger partial charge is 0.243 e. The molecule has 0 saturated carbocycles. The van der Waals surface area contributed by atoms with Crippen LogP contribution in [0.5, 0.6) is 0 Å². The van der Waals surface area contributed by atoms with Gasteiger partial charge >= 0.3 is 0 Å². The molecule has 0 bridgehead atoms. The summed E-state index contributed by atoms with van der Waals surface area (Å²) in [7, 11) is 2.32. The lowest BCUT2D eigenvalue weighted by Crippen LogP contribution is -2.43. The second kappa shape index (κ2) is 9.24. The van der Waals surface area contributed by atoms with Gasteiger partial charge < -0.3 is 9.80 Å². The summed E-state index contributed by atoms with van der Waals surface area (Å²) in [5, 5.41) is 0. The number of hydrogen-bond donors (Lipinski definition) is 0. The third kappa shape index (κ3) is 4.69. The predicted octanol–water partition coefficient (Wildman–Crippen LogP) is 3.30. The molecule has 4 rings (SSSR count). The summed E-state index contributed by atoms with van der Waals surface area (Å²) in [5.74, 6) is -0.0382. The quantitative estimate of drug-likeness (QED) is 0.671. The zero-order valence-corrected chi connectivity index (χ0v) is 20.1. The highest BCUT2D eigenvalue weighted by molar-refractivity contribution is 7.89. The van der Waals surface area contributed by atoms with Gasteiger partial charge in [-0.1, -0.05) is 18.2 Å². The van der Waals surface area contributed by atoms with Crippen LogP contribution >= 0.6 is 0 Å². The van der Waals surface area contributed by atoms with Gasteiger partial charge in [-0.05, 0) is 73.1 Å². The summed E-state index contributed by atoms with van der Waals surface area (Å²) < 4.78 is 27.8. The van der Waals surface area contributed by atoms with Crippen LogP contribution in [0.2, 0.25) is 0 Å². The lowest BCUT2D eigenvalue weighted by atomic mass is 9.96. The average molecular weight is 456 g/mol. The molecular formula is C25H33N3O3S. The molecule has 1 amide bonds. The molecule has 0 N–H and O–H groups in total. The van der Waals surface area contributed by atoms with Crippen molar-refractivity contribution in [2.75, 3.05) is 39.1 Å². The molecule has 1 aliphatic carbocycles. The first-order valence-corrected chi connectivity index (χ1v) is 12.8. The van der Waals surface area contributed by atoms with Gasteiger partial charge in [0, 0.05) is 52.4 Å². The van der Waals surface area contributed by atoms with Gasteiger partial charge in [0.2, 0.25) is 15.9 Å². The number of fused-ring (bicyclic) bond motifs is 1. The molecule has 7 heteroatoms. The summed E-state index contributed by atoms with van der Waals surface area (Å²) in [5.41, 5.74) is 4.65. The zero-order chi connectivity index (χ0) is 22.9. The third-order valence-corrected chi connectivity index (χ3v) is 8.65. The molecular weight excluding hydrogens is 422 g/mol. The molecule has 0 unspecified atom stereocenters. The van der Waals surface area contributed by atoms with Gasteiger partial charge in [-0.3, -0.25) is 4.79 Å². The maximum Gasteiger partial charge on any atom is 0.243 e. The lowest BCUT2D eigenvalue weighted by Gasteiger charge is -2.32. The Kier molecular flexibility index (Phi) is 6.58. The van der Waals surface area contributed by atoms with E-state index in [1.807, 2.05) is 50.3 Å². The highest BCUT2D eigenvalue weighted by Crippen LogP contribution is 2.29. The first kappa shape index (κ1) is 22.8. The predicted molar refractivity (Wildman–Crippen MR) is 127 cm³/mol. The third-order valence-electron chi connectivity index (χ3n) is 6.76. The van der Waals surface area contributed by atoms with E-state index in [4.69, 9.17) is 0 Å². The number of benzene rings is 2. The van der Waals surface area contributed by atoms with E-state index in [0.29, 0.717) is 37.4 Å². The van der Waals surface area contributed by atoms with Crippen LogP contribution in [0.4, 0.5) is 5.69 Å².